The van der Waals surface area contributed by atoms with Crippen LogP contribution < -0.4 is 10.9 Å². The molecule has 3 heterocycles. The van der Waals surface area contributed by atoms with Crippen molar-refractivity contribution in [3.05, 3.63) is 26.6 Å². The van der Waals surface area contributed by atoms with E-state index >= 15 is 0 Å². The van der Waals surface area contributed by atoms with Crippen molar-refractivity contribution < 1.29 is 4.79 Å². The molecule has 0 fully saturated rings. The summed E-state index contributed by atoms with van der Waals surface area (Å²) in [6.45, 7) is 1.84. The Morgan fingerprint density at radius 3 is 2.96 bits per heavy atom. The number of amides is 1. The fourth-order valence-electron chi connectivity index (χ4n) is 3.20. The van der Waals surface area contributed by atoms with Gasteiger partial charge < -0.3 is 5.32 Å². The Labute approximate surface area is 146 Å². The molecule has 1 N–H and O–H groups in total. The van der Waals surface area contributed by atoms with Gasteiger partial charge in [0, 0.05) is 17.7 Å². The molecule has 1 atom stereocenters. The first kappa shape index (κ1) is 15.8. The number of rotatable bonds is 3. The van der Waals surface area contributed by atoms with Crippen molar-refractivity contribution in [3.8, 4) is 0 Å². The van der Waals surface area contributed by atoms with E-state index in [0.717, 1.165) is 47.1 Å². The number of nitrogens with one attached hydrogen (secondary N) is 1. The SMILES string of the molecule is Cc1nnc(NC(=O)CC2CSc3nc4c(c(=O)n32)CCCC4)s1. The molecule has 0 saturated carbocycles. The summed E-state index contributed by atoms with van der Waals surface area (Å²) in [6.07, 6.45) is 4.08. The van der Waals surface area contributed by atoms with Crippen LogP contribution in [0.1, 0.15) is 41.6 Å². The van der Waals surface area contributed by atoms with Crippen LogP contribution in [-0.2, 0) is 17.6 Å². The lowest BCUT2D eigenvalue weighted by atomic mass is 9.97. The highest BCUT2D eigenvalue weighted by atomic mass is 32.2. The lowest BCUT2D eigenvalue weighted by molar-refractivity contribution is -0.116. The molecule has 4 rings (SSSR count). The number of carbonyl (C=O) groups is 1. The largest absolute Gasteiger partial charge is 0.300 e. The number of aromatic nitrogens is 4. The number of anilines is 1. The molecule has 0 bridgehead atoms. The summed E-state index contributed by atoms with van der Waals surface area (Å²) in [7, 11) is 0. The van der Waals surface area contributed by atoms with Gasteiger partial charge in [-0.3, -0.25) is 14.2 Å². The molecule has 0 aromatic carbocycles. The van der Waals surface area contributed by atoms with Gasteiger partial charge in [0.05, 0.1) is 11.7 Å². The van der Waals surface area contributed by atoms with E-state index in [1.807, 2.05) is 6.92 Å². The smallest absolute Gasteiger partial charge is 0.257 e. The van der Waals surface area contributed by atoms with E-state index in [1.54, 1.807) is 16.3 Å². The highest BCUT2D eigenvalue weighted by molar-refractivity contribution is 7.99. The van der Waals surface area contributed by atoms with Crippen molar-refractivity contribution in [2.45, 2.75) is 50.2 Å². The zero-order valence-corrected chi connectivity index (χ0v) is 14.9. The molecule has 9 heteroatoms. The van der Waals surface area contributed by atoms with Crippen LogP contribution in [0.25, 0.3) is 0 Å². The van der Waals surface area contributed by atoms with Crippen LogP contribution in [-0.4, -0.2) is 31.4 Å². The van der Waals surface area contributed by atoms with Crippen LogP contribution in [0, 0.1) is 6.92 Å². The zero-order valence-electron chi connectivity index (χ0n) is 13.2. The molecule has 126 valence electrons. The third-order valence-electron chi connectivity index (χ3n) is 4.32. The van der Waals surface area contributed by atoms with Gasteiger partial charge in [-0.1, -0.05) is 23.1 Å². The molecule has 2 aliphatic rings. The molecule has 0 saturated heterocycles. The maximum atomic E-state index is 12.8. The summed E-state index contributed by atoms with van der Waals surface area (Å²) in [5.41, 5.74) is 1.85. The van der Waals surface area contributed by atoms with Crippen molar-refractivity contribution in [1.82, 2.24) is 19.7 Å². The monoisotopic (exact) mass is 363 g/mol. The standard InChI is InChI=1S/C15H17N5O2S2/c1-8-18-19-14(24-8)17-12(21)6-9-7-23-15-16-11-5-3-2-4-10(11)13(22)20(9)15/h9H,2-7H2,1H3,(H,17,19,21). The van der Waals surface area contributed by atoms with Crippen LogP contribution >= 0.6 is 23.1 Å². The normalized spacial score (nSPS) is 19.0. The highest BCUT2D eigenvalue weighted by Crippen LogP contribution is 2.34. The van der Waals surface area contributed by atoms with Crippen molar-refractivity contribution in [2.75, 3.05) is 11.1 Å². The molecule has 0 spiro atoms. The Balaban J connectivity index is 1.55. The van der Waals surface area contributed by atoms with Gasteiger partial charge in [0.15, 0.2) is 5.16 Å². The quantitative estimate of drug-likeness (QED) is 0.839. The molecular formula is C15H17N5O2S2. The second-order valence-electron chi connectivity index (χ2n) is 6.05. The molecular weight excluding hydrogens is 346 g/mol. The van der Waals surface area contributed by atoms with Gasteiger partial charge in [0.25, 0.3) is 5.56 Å². The first-order valence-corrected chi connectivity index (χ1v) is 9.79. The summed E-state index contributed by atoms with van der Waals surface area (Å²) in [6, 6.07) is -0.147. The first-order chi connectivity index (χ1) is 11.6. The van der Waals surface area contributed by atoms with E-state index in [4.69, 9.17) is 0 Å². The third-order valence-corrected chi connectivity index (χ3v) is 6.17. The Morgan fingerprint density at radius 1 is 1.33 bits per heavy atom. The average Bonchev–Trinajstić information content (AvgIpc) is 3.14. The summed E-state index contributed by atoms with van der Waals surface area (Å²) in [4.78, 5) is 29.8. The minimum absolute atomic E-state index is 0.0456. The molecule has 1 unspecified atom stereocenters. The van der Waals surface area contributed by atoms with Crippen molar-refractivity contribution in [2.24, 2.45) is 0 Å². The molecule has 24 heavy (non-hydrogen) atoms. The van der Waals surface area contributed by atoms with Crippen LogP contribution in [0.15, 0.2) is 9.95 Å². The Bertz CT molecular complexity index is 860. The molecule has 1 aliphatic carbocycles. The van der Waals surface area contributed by atoms with Gasteiger partial charge in [-0.2, -0.15) is 0 Å². The average molecular weight is 363 g/mol. The second-order valence-corrected chi connectivity index (χ2v) is 8.21. The third kappa shape index (κ3) is 2.86. The number of aryl methyl sites for hydroxylation is 2. The lowest BCUT2D eigenvalue weighted by Gasteiger charge is -2.18. The van der Waals surface area contributed by atoms with Crippen LogP contribution in [0.3, 0.4) is 0 Å². The fourth-order valence-corrected chi connectivity index (χ4v) is 4.96. The van der Waals surface area contributed by atoms with E-state index in [1.165, 1.54) is 11.3 Å². The van der Waals surface area contributed by atoms with Crippen LogP contribution in [0.5, 0.6) is 0 Å². The zero-order chi connectivity index (χ0) is 16.7. The lowest BCUT2D eigenvalue weighted by Crippen LogP contribution is -2.32. The second kappa shape index (κ2) is 6.29. The molecule has 2 aromatic rings. The predicted molar refractivity (Wildman–Crippen MR) is 92.8 cm³/mol. The highest BCUT2D eigenvalue weighted by Gasteiger charge is 2.30. The van der Waals surface area contributed by atoms with Crippen LogP contribution in [0.2, 0.25) is 0 Å². The first-order valence-electron chi connectivity index (χ1n) is 7.99. The number of hydrogen-bond acceptors (Lipinski definition) is 7. The summed E-state index contributed by atoms with van der Waals surface area (Å²) in [5, 5.41) is 12.6. The molecule has 7 nitrogen and oxygen atoms in total. The summed E-state index contributed by atoms with van der Waals surface area (Å²) >= 11 is 2.90. The summed E-state index contributed by atoms with van der Waals surface area (Å²) in [5.74, 6) is 0.558. The number of hydrogen-bond donors (Lipinski definition) is 1. The minimum Gasteiger partial charge on any atom is -0.300 e. The fraction of sp³-hybridized carbons (Fsp3) is 0.533. The molecule has 1 aliphatic heterocycles. The van der Waals surface area contributed by atoms with Gasteiger partial charge >= 0.3 is 0 Å². The van der Waals surface area contributed by atoms with Crippen LogP contribution in [0.4, 0.5) is 5.13 Å². The maximum absolute atomic E-state index is 12.8. The number of fused-ring (bicyclic) bond motifs is 2. The summed E-state index contributed by atoms with van der Waals surface area (Å²) < 4.78 is 1.72. The molecule has 2 aromatic heterocycles. The topological polar surface area (TPSA) is 89.8 Å². The van der Waals surface area contributed by atoms with E-state index in [2.05, 4.69) is 20.5 Å². The van der Waals surface area contributed by atoms with E-state index in [9.17, 15) is 9.59 Å². The van der Waals surface area contributed by atoms with Crippen molar-refractivity contribution in [3.63, 3.8) is 0 Å². The predicted octanol–water partition coefficient (Wildman–Crippen LogP) is 1.96. The number of thioether (sulfide) groups is 1. The van der Waals surface area contributed by atoms with Gasteiger partial charge in [-0.05, 0) is 32.6 Å². The van der Waals surface area contributed by atoms with Gasteiger partial charge in [0.1, 0.15) is 5.01 Å². The Morgan fingerprint density at radius 2 is 2.17 bits per heavy atom. The van der Waals surface area contributed by atoms with Crippen molar-refractivity contribution in [1.29, 1.82) is 0 Å². The maximum Gasteiger partial charge on any atom is 0.257 e. The molecule has 1 amide bonds. The van der Waals surface area contributed by atoms with Gasteiger partial charge in [-0.25, -0.2) is 4.98 Å². The Kier molecular flexibility index (Phi) is 4.13. The van der Waals surface area contributed by atoms with E-state index in [0.29, 0.717) is 10.9 Å². The van der Waals surface area contributed by atoms with E-state index in [-0.39, 0.29) is 23.9 Å². The van der Waals surface area contributed by atoms with Gasteiger partial charge in [0.2, 0.25) is 11.0 Å². The van der Waals surface area contributed by atoms with Gasteiger partial charge in [-0.15, -0.1) is 10.2 Å². The number of nitrogens with zero attached hydrogens (tertiary/aromatic N) is 4. The Hall–Kier alpha value is -1.74. The minimum atomic E-state index is -0.147. The number of carbonyl (C=O) groups excluding carboxylic acids is 1. The molecule has 0 radical (unpaired) electrons. The van der Waals surface area contributed by atoms with E-state index < -0.39 is 0 Å². The van der Waals surface area contributed by atoms with Crippen molar-refractivity contribution >= 4 is 34.1 Å².